The molecule has 0 spiro atoms. The summed E-state index contributed by atoms with van der Waals surface area (Å²) >= 11 is 0. The molecule has 1 aromatic heterocycles. The molecule has 1 fully saturated rings. The van der Waals surface area contributed by atoms with E-state index in [1.54, 1.807) is 6.20 Å². The molecule has 60 valence electrons. The Morgan fingerprint density at radius 2 is 2.45 bits per heavy atom. The van der Waals surface area contributed by atoms with Gasteiger partial charge in [-0.15, -0.1) is 0 Å². The molecule has 2 heterocycles. The van der Waals surface area contributed by atoms with E-state index in [4.69, 9.17) is 4.74 Å². The van der Waals surface area contributed by atoms with Gasteiger partial charge in [-0.1, -0.05) is 0 Å². The summed E-state index contributed by atoms with van der Waals surface area (Å²) in [5.41, 5.74) is 0. The number of aromatic nitrogens is 2. The fourth-order valence-electron chi connectivity index (χ4n) is 1.40. The van der Waals surface area contributed by atoms with Crippen LogP contribution < -0.4 is 0 Å². The van der Waals surface area contributed by atoms with Crippen LogP contribution in [0.2, 0.25) is 0 Å². The summed E-state index contributed by atoms with van der Waals surface area (Å²) < 4.78 is 7.57. The van der Waals surface area contributed by atoms with Crippen LogP contribution in [0.3, 0.4) is 0 Å². The summed E-state index contributed by atoms with van der Waals surface area (Å²) in [6.07, 6.45) is 9.39. The zero-order valence-corrected chi connectivity index (χ0v) is 6.44. The van der Waals surface area contributed by atoms with E-state index in [9.17, 15) is 0 Å². The number of hydrogen-bond donors (Lipinski definition) is 0. The van der Waals surface area contributed by atoms with E-state index in [0.717, 1.165) is 13.0 Å². The molecule has 3 nitrogen and oxygen atoms in total. The lowest BCUT2D eigenvalue weighted by molar-refractivity contribution is -0.0320. The van der Waals surface area contributed by atoms with Crippen LogP contribution in [0.15, 0.2) is 18.7 Å². The van der Waals surface area contributed by atoms with Crippen molar-refractivity contribution in [3.8, 4) is 0 Å². The van der Waals surface area contributed by atoms with E-state index in [-0.39, 0.29) is 6.23 Å². The van der Waals surface area contributed by atoms with Crippen LogP contribution in [-0.2, 0) is 4.74 Å². The average Bonchev–Trinajstić information content (AvgIpc) is 2.58. The van der Waals surface area contributed by atoms with Gasteiger partial charge in [-0.3, -0.25) is 0 Å². The molecular weight excluding hydrogens is 140 g/mol. The molecule has 0 radical (unpaired) electrons. The molecule has 1 saturated heterocycles. The van der Waals surface area contributed by atoms with Gasteiger partial charge in [0.05, 0.1) is 6.33 Å². The third-order valence-electron chi connectivity index (χ3n) is 2.01. The van der Waals surface area contributed by atoms with Crippen LogP contribution in [-0.4, -0.2) is 16.2 Å². The van der Waals surface area contributed by atoms with E-state index < -0.39 is 0 Å². The monoisotopic (exact) mass is 152 g/mol. The normalized spacial score (nSPS) is 25.3. The Bertz CT molecular complexity index is 202. The molecule has 0 saturated carbocycles. The van der Waals surface area contributed by atoms with E-state index in [0.29, 0.717) is 0 Å². The van der Waals surface area contributed by atoms with Crippen molar-refractivity contribution in [2.45, 2.75) is 25.5 Å². The zero-order chi connectivity index (χ0) is 7.52. The summed E-state index contributed by atoms with van der Waals surface area (Å²) in [5, 5.41) is 0. The lowest BCUT2D eigenvalue weighted by Crippen LogP contribution is -2.16. The quantitative estimate of drug-likeness (QED) is 0.611. The van der Waals surface area contributed by atoms with Gasteiger partial charge in [-0.05, 0) is 19.3 Å². The standard InChI is InChI=1S/C8H12N2O/c1-2-6-11-8(3-1)10-5-4-9-7-10/h4-5,7-8H,1-3,6H2. The van der Waals surface area contributed by atoms with Gasteiger partial charge < -0.3 is 9.30 Å². The maximum Gasteiger partial charge on any atom is 0.134 e. The lowest BCUT2D eigenvalue weighted by Gasteiger charge is -2.23. The molecule has 1 unspecified atom stereocenters. The van der Waals surface area contributed by atoms with Crippen LogP contribution >= 0.6 is 0 Å². The minimum atomic E-state index is 0.242. The Hall–Kier alpha value is -0.830. The molecular formula is C8H12N2O. The van der Waals surface area contributed by atoms with Crippen molar-refractivity contribution in [1.29, 1.82) is 0 Å². The molecule has 1 aliphatic heterocycles. The van der Waals surface area contributed by atoms with Gasteiger partial charge in [-0.2, -0.15) is 0 Å². The minimum absolute atomic E-state index is 0.242. The van der Waals surface area contributed by atoms with Crippen molar-refractivity contribution < 1.29 is 4.74 Å². The van der Waals surface area contributed by atoms with Gasteiger partial charge in [0.1, 0.15) is 6.23 Å². The van der Waals surface area contributed by atoms with Crippen molar-refractivity contribution in [2.24, 2.45) is 0 Å². The summed E-state index contributed by atoms with van der Waals surface area (Å²) in [6, 6.07) is 0. The number of nitrogens with zero attached hydrogens (tertiary/aromatic N) is 2. The lowest BCUT2D eigenvalue weighted by atomic mass is 10.2. The number of ether oxygens (including phenoxy) is 1. The van der Waals surface area contributed by atoms with Gasteiger partial charge in [0.15, 0.2) is 0 Å². The molecule has 1 aromatic rings. The molecule has 1 atom stereocenters. The van der Waals surface area contributed by atoms with Crippen LogP contribution in [0.1, 0.15) is 25.5 Å². The molecule has 1 aliphatic rings. The fourth-order valence-corrected chi connectivity index (χ4v) is 1.40. The highest BCUT2D eigenvalue weighted by Gasteiger charge is 2.13. The predicted octanol–water partition coefficient (Wildman–Crippen LogP) is 1.58. The van der Waals surface area contributed by atoms with Gasteiger partial charge in [0.25, 0.3) is 0 Å². The highest BCUT2D eigenvalue weighted by atomic mass is 16.5. The highest BCUT2D eigenvalue weighted by molar-refractivity contribution is 4.77. The second kappa shape index (κ2) is 3.05. The van der Waals surface area contributed by atoms with E-state index in [1.165, 1.54) is 12.8 Å². The molecule has 0 bridgehead atoms. The largest absolute Gasteiger partial charge is 0.358 e. The van der Waals surface area contributed by atoms with Crippen molar-refractivity contribution in [2.75, 3.05) is 6.61 Å². The summed E-state index contributed by atoms with van der Waals surface area (Å²) in [6.45, 7) is 0.892. The summed E-state index contributed by atoms with van der Waals surface area (Å²) in [5.74, 6) is 0. The number of rotatable bonds is 1. The predicted molar refractivity (Wildman–Crippen MR) is 41.1 cm³/mol. The maximum absolute atomic E-state index is 5.55. The summed E-state index contributed by atoms with van der Waals surface area (Å²) in [7, 11) is 0. The van der Waals surface area contributed by atoms with Gasteiger partial charge in [0.2, 0.25) is 0 Å². The van der Waals surface area contributed by atoms with E-state index in [2.05, 4.69) is 4.98 Å². The molecule has 0 amide bonds. The summed E-state index contributed by atoms with van der Waals surface area (Å²) in [4.78, 5) is 3.98. The topological polar surface area (TPSA) is 27.1 Å². The number of imidazole rings is 1. The fraction of sp³-hybridized carbons (Fsp3) is 0.625. The molecule has 11 heavy (non-hydrogen) atoms. The van der Waals surface area contributed by atoms with Crippen LogP contribution in [0.25, 0.3) is 0 Å². The molecule has 0 aromatic carbocycles. The van der Waals surface area contributed by atoms with Crippen molar-refractivity contribution in [1.82, 2.24) is 9.55 Å². The van der Waals surface area contributed by atoms with Crippen molar-refractivity contribution in [3.63, 3.8) is 0 Å². The average molecular weight is 152 g/mol. The molecule has 0 aliphatic carbocycles. The second-order valence-electron chi connectivity index (χ2n) is 2.83. The zero-order valence-electron chi connectivity index (χ0n) is 6.44. The smallest absolute Gasteiger partial charge is 0.134 e. The Balaban J connectivity index is 2.04. The third-order valence-corrected chi connectivity index (χ3v) is 2.01. The van der Waals surface area contributed by atoms with Crippen molar-refractivity contribution in [3.05, 3.63) is 18.7 Å². The third kappa shape index (κ3) is 1.43. The molecule has 3 heteroatoms. The van der Waals surface area contributed by atoms with E-state index >= 15 is 0 Å². The first-order valence-electron chi connectivity index (χ1n) is 4.06. The Morgan fingerprint density at radius 1 is 1.45 bits per heavy atom. The Kier molecular flexibility index (Phi) is 1.90. The Labute approximate surface area is 66.0 Å². The minimum Gasteiger partial charge on any atom is -0.358 e. The molecule has 2 rings (SSSR count). The molecule has 0 N–H and O–H groups in total. The second-order valence-corrected chi connectivity index (χ2v) is 2.83. The van der Waals surface area contributed by atoms with Crippen LogP contribution in [0.5, 0.6) is 0 Å². The van der Waals surface area contributed by atoms with Gasteiger partial charge in [-0.25, -0.2) is 4.98 Å². The maximum atomic E-state index is 5.55. The van der Waals surface area contributed by atoms with Gasteiger partial charge in [0, 0.05) is 19.0 Å². The number of hydrogen-bond acceptors (Lipinski definition) is 2. The highest BCUT2D eigenvalue weighted by Crippen LogP contribution is 2.21. The first-order valence-corrected chi connectivity index (χ1v) is 4.06. The van der Waals surface area contributed by atoms with Crippen molar-refractivity contribution >= 4 is 0 Å². The first-order chi connectivity index (χ1) is 5.47. The SMILES string of the molecule is c1cn(C2CCCCO2)cn1. The first kappa shape index (κ1) is 6.85. The Morgan fingerprint density at radius 3 is 3.09 bits per heavy atom. The van der Waals surface area contributed by atoms with Gasteiger partial charge >= 0.3 is 0 Å². The van der Waals surface area contributed by atoms with E-state index in [1.807, 2.05) is 17.1 Å². The van der Waals surface area contributed by atoms with Crippen LogP contribution in [0.4, 0.5) is 0 Å². The van der Waals surface area contributed by atoms with Crippen LogP contribution in [0, 0.1) is 0 Å².